The highest BCUT2D eigenvalue weighted by Crippen LogP contribution is 2.06. The van der Waals surface area contributed by atoms with Crippen LogP contribution in [0.5, 0.6) is 0 Å². The molecule has 7 nitrogen and oxygen atoms in total. The van der Waals surface area contributed by atoms with Gasteiger partial charge in [0.2, 0.25) is 5.91 Å². The average Bonchev–Trinajstić information content (AvgIpc) is 2.87. The highest BCUT2D eigenvalue weighted by Gasteiger charge is 2.20. The molecule has 0 N–H and O–H groups in total. The van der Waals surface area contributed by atoms with Crippen LogP contribution >= 0.6 is 0 Å². The fraction of sp³-hybridized carbons (Fsp3) is 0.600. The number of hydrogen-bond donors (Lipinski definition) is 0. The van der Waals surface area contributed by atoms with Crippen LogP contribution in [0.15, 0.2) is 12.7 Å². The predicted octanol–water partition coefficient (Wildman–Crippen LogP) is -0.139. The lowest BCUT2D eigenvalue weighted by Gasteiger charge is -2.20. The minimum Gasteiger partial charge on any atom is -0.469 e. The van der Waals surface area contributed by atoms with Gasteiger partial charge in [0.25, 0.3) is 0 Å². The van der Waals surface area contributed by atoms with E-state index in [0.717, 1.165) is 0 Å². The lowest BCUT2D eigenvalue weighted by atomic mass is 10.3. The Balaban J connectivity index is 2.49. The van der Waals surface area contributed by atoms with Crippen LogP contribution in [-0.2, 0) is 14.3 Å². The van der Waals surface area contributed by atoms with E-state index in [1.807, 2.05) is 0 Å². The van der Waals surface area contributed by atoms with Gasteiger partial charge < -0.3 is 9.64 Å². The van der Waals surface area contributed by atoms with Crippen LogP contribution in [0.2, 0.25) is 0 Å². The zero-order valence-electron chi connectivity index (χ0n) is 10.2. The van der Waals surface area contributed by atoms with Crippen LogP contribution in [0.1, 0.15) is 19.4 Å². The van der Waals surface area contributed by atoms with Gasteiger partial charge in [0, 0.05) is 13.6 Å². The second kappa shape index (κ2) is 5.97. The van der Waals surface area contributed by atoms with Crippen molar-refractivity contribution >= 4 is 11.9 Å². The lowest BCUT2D eigenvalue weighted by Crippen LogP contribution is -2.34. The van der Waals surface area contributed by atoms with Crippen LogP contribution in [0.25, 0.3) is 0 Å². The fourth-order valence-corrected chi connectivity index (χ4v) is 1.32. The Morgan fingerprint density at radius 1 is 1.53 bits per heavy atom. The molecular weight excluding hydrogens is 224 g/mol. The maximum absolute atomic E-state index is 11.9. The van der Waals surface area contributed by atoms with Gasteiger partial charge in [0.1, 0.15) is 18.7 Å². The summed E-state index contributed by atoms with van der Waals surface area (Å²) in [4.78, 5) is 28.1. The van der Waals surface area contributed by atoms with Crippen LogP contribution in [0.3, 0.4) is 0 Å². The third-order valence-corrected chi connectivity index (χ3v) is 2.45. The summed E-state index contributed by atoms with van der Waals surface area (Å²) in [5, 5.41) is 3.90. The van der Waals surface area contributed by atoms with E-state index < -0.39 is 6.04 Å². The smallest absolute Gasteiger partial charge is 0.307 e. The molecule has 7 heteroatoms. The van der Waals surface area contributed by atoms with Crippen molar-refractivity contribution in [2.45, 2.75) is 19.4 Å². The number of ether oxygens (including phenoxy) is 1. The number of amides is 1. The Morgan fingerprint density at radius 2 is 2.24 bits per heavy atom. The van der Waals surface area contributed by atoms with Crippen LogP contribution in [0.4, 0.5) is 0 Å². The van der Waals surface area contributed by atoms with E-state index in [1.54, 1.807) is 14.0 Å². The minimum atomic E-state index is -0.430. The van der Waals surface area contributed by atoms with Gasteiger partial charge in [-0.05, 0) is 6.92 Å². The van der Waals surface area contributed by atoms with Gasteiger partial charge in [-0.3, -0.25) is 9.59 Å². The molecule has 0 aliphatic carbocycles. The van der Waals surface area contributed by atoms with E-state index in [2.05, 4.69) is 14.8 Å². The Kier molecular flexibility index (Phi) is 4.62. The summed E-state index contributed by atoms with van der Waals surface area (Å²) in [6.07, 6.45) is 3.04. The number of esters is 1. The molecule has 1 aromatic heterocycles. The second-order valence-corrected chi connectivity index (χ2v) is 3.64. The SMILES string of the molecule is COC(=O)CCN(C)C(=O)C(C)n1cncn1. The highest BCUT2D eigenvalue weighted by molar-refractivity contribution is 5.80. The minimum absolute atomic E-state index is 0.126. The monoisotopic (exact) mass is 240 g/mol. The molecular formula is C10H16N4O3. The summed E-state index contributed by atoms with van der Waals surface area (Å²) in [7, 11) is 2.96. The summed E-state index contributed by atoms with van der Waals surface area (Å²) in [5.41, 5.74) is 0. The molecule has 0 aliphatic rings. The molecule has 1 rings (SSSR count). The second-order valence-electron chi connectivity index (χ2n) is 3.64. The summed E-state index contributed by atoms with van der Waals surface area (Å²) in [6, 6.07) is -0.430. The van der Waals surface area contributed by atoms with Crippen molar-refractivity contribution in [2.24, 2.45) is 0 Å². The first kappa shape index (κ1) is 13.1. The molecule has 0 fully saturated rings. The fourth-order valence-electron chi connectivity index (χ4n) is 1.32. The number of hydrogen-bond acceptors (Lipinski definition) is 5. The maximum atomic E-state index is 11.9. The lowest BCUT2D eigenvalue weighted by molar-refractivity contribution is -0.141. The molecule has 0 aliphatic heterocycles. The molecule has 0 radical (unpaired) electrons. The van der Waals surface area contributed by atoms with E-state index in [4.69, 9.17) is 0 Å². The average molecular weight is 240 g/mol. The van der Waals surface area contributed by atoms with Crippen molar-refractivity contribution in [1.29, 1.82) is 0 Å². The van der Waals surface area contributed by atoms with Crippen molar-refractivity contribution in [1.82, 2.24) is 19.7 Å². The number of likely N-dealkylation sites (N-methyl/N-ethyl adjacent to an activating group) is 1. The predicted molar refractivity (Wildman–Crippen MR) is 59.0 cm³/mol. The van der Waals surface area contributed by atoms with E-state index in [-0.39, 0.29) is 18.3 Å². The van der Waals surface area contributed by atoms with Crippen molar-refractivity contribution in [3.05, 3.63) is 12.7 Å². The normalized spacial score (nSPS) is 11.9. The van der Waals surface area contributed by atoms with E-state index in [0.29, 0.717) is 6.54 Å². The van der Waals surface area contributed by atoms with Gasteiger partial charge in [-0.25, -0.2) is 9.67 Å². The first-order valence-electron chi connectivity index (χ1n) is 5.22. The molecule has 0 spiro atoms. The number of aromatic nitrogens is 3. The third kappa shape index (κ3) is 3.54. The number of methoxy groups -OCH3 is 1. The zero-order valence-corrected chi connectivity index (χ0v) is 10.2. The Hall–Kier alpha value is -1.92. The molecule has 94 valence electrons. The van der Waals surface area contributed by atoms with Crippen molar-refractivity contribution in [3.63, 3.8) is 0 Å². The van der Waals surface area contributed by atoms with Crippen molar-refractivity contribution in [2.75, 3.05) is 20.7 Å². The van der Waals surface area contributed by atoms with Gasteiger partial charge in [0.15, 0.2) is 0 Å². The Morgan fingerprint density at radius 3 is 2.76 bits per heavy atom. The largest absolute Gasteiger partial charge is 0.469 e. The van der Waals surface area contributed by atoms with Crippen LogP contribution < -0.4 is 0 Å². The molecule has 1 atom stereocenters. The quantitative estimate of drug-likeness (QED) is 0.669. The molecule has 0 saturated carbocycles. The Bertz CT molecular complexity index is 377. The van der Waals surface area contributed by atoms with Gasteiger partial charge in [-0.15, -0.1) is 0 Å². The molecule has 0 saturated heterocycles. The first-order chi connectivity index (χ1) is 8.06. The topological polar surface area (TPSA) is 77.3 Å². The van der Waals surface area contributed by atoms with Gasteiger partial charge in [0.05, 0.1) is 13.5 Å². The number of carbonyl (C=O) groups excluding carboxylic acids is 2. The summed E-state index contributed by atoms with van der Waals surface area (Å²) in [5.74, 6) is -0.461. The maximum Gasteiger partial charge on any atom is 0.307 e. The number of carbonyl (C=O) groups is 2. The van der Waals surface area contributed by atoms with Gasteiger partial charge in [-0.2, -0.15) is 5.10 Å². The molecule has 1 heterocycles. The summed E-state index contributed by atoms with van der Waals surface area (Å²) in [6.45, 7) is 2.05. The molecule has 17 heavy (non-hydrogen) atoms. The van der Waals surface area contributed by atoms with E-state index in [9.17, 15) is 9.59 Å². The molecule has 1 aromatic rings. The molecule has 0 aromatic carbocycles. The van der Waals surface area contributed by atoms with Gasteiger partial charge in [-0.1, -0.05) is 0 Å². The van der Waals surface area contributed by atoms with Crippen LogP contribution in [-0.4, -0.2) is 52.2 Å². The summed E-state index contributed by atoms with van der Waals surface area (Å²) < 4.78 is 5.98. The molecule has 1 unspecified atom stereocenters. The van der Waals surface area contributed by atoms with Gasteiger partial charge >= 0.3 is 5.97 Å². The third-order valence-electron chi connectivity index (χ3n) is 2.45. The number of rotatable bonds is 5. The summed E-state index contributed by atoms with van der Waals surface area (Å²) >= 11 is 0. The Labute approximate surface area is 99.4 Å². The van der Waals surface area contributed by atoms with E-state index >= 15 is 0 Å². The number of nitrogens with zero attached hydrogens (tertiary/aromatic N) is 4. The van der Waals surface area contributed by atoms with Crippen molar-refractivity contribution < 1.29 is 14.3 Å². The first-order valence-corrected chi connectivity index (χ1v) is 5.22. The zero-order chi connectivity index (χ0) is 12.8. The van der Waals surface area contributed by atoms with Crippen molar-refractivity contribution in [3.8, 4) is 0 Å². The molecule has 0 bridgehead atoms. The standard InChI is InChI=1S/C10H16N4O3/c1-8(14-7-11-6-12-14)10(16)13(2)5-4-9(15)17-3/h6-8H,4-5H2,1-3H3. The van der Waals surface area contributed by atoms with E-state index in [1.165, 1.54) is 29.3 Å². The highest BCUT2D eigenvalue weighted by atomic mass is 16.5. The molecule has 1 amide bonds. The van der Waals surface area contributed by atoms with Crippen LogP contribution in [0, 0.1) is 0 Å².